The zero-order chi connectivity index (χ0) is 57.1. The number of thiophene rings is 1. The van der Waals surface area contributed by atoms with Crippen molar-refractivity contribution in [2.24, 2.45) is 0 Å². The molecule has 4 bridgehead atoms. The minimum atomic E-state index is -0.226. The predicted octanol–water partition coefficient (Wildman–Crippen LogP) is 20.0. The molecule has 4 heteroatoms. The van der Waals surface area contributed by atoms with Gasteiger partial charge < -0.3 is 9.80 Å². The molecule has 1 aromatic heterocycles. The Morgan fingerprint density at radius 2 is 0.939 bits per heavy atom. The topological polar surface area (TPSA) is 6.48 Å². The Labute approximate surface area is 493 Å². The van der Waals surface area contributed by atoms with Gasteiger partial charge in [0.15, 0.2) is 0 Å². The molecule has 0 fully saturated rings. The standard InChI is InChI=1S/C78H83BN2S/c1-44-33-65-68-66(34-44)81-63-41-59-56(73(6,7)27-29-75(59,10)11)38-52(63)51-36-46(35-50-48-20-18-17-19-45(48)21-23-49(50)51)78(16)32-31-77(14,15)58-40-62(64(81)42-61(58)78)79(68)70-69(53-39-57-60(43-67(53)82-70)76(12,13)30-28-74(57,8)9)80(65)47-22-24-54-55(37-47)72(4,5)26-25-71(54,2)3/h17-24,33-43H,25-32H2,1-16H3. The summed E-state index contributed by atoms with van der Waals surface area (Å²) in [5.74, 6) is 0. The number of aryl methyl sites for hydroxylation is 1. The van der Waals surface area contributed by atoms with Gasteiger partial charge in [-0.25, -0.2) is 0 Å². The van der Waals surface area contributed by atoms with Crippen LogP contribution in [0.5, 0.6) is 0 Å². The van der Waals surface area contributed by atoms with E-state index in [0.29, 0.717) is 0 Å². The highest BCUT2D eigenvalue weighted by Crippen LogP contribution is 2.60. The number of hydrogen-bond acceptors (Lipinski definition) is 3. The number of rotatable bonds is 1. The van der Waals surface area contributed by atoms with Crippen LogP contribution in [0.2, 0.25) is 0 Å². The first-order valence-electron chi connectivity index (χ1n) is 31.4. The van der Waals surface area contributed by atoms with E-state index >= 15 is 0 Å². The van der Waals surface area contributed by atoms with Crippen LogP contribution in [0.3, 0.4) is 0 Å². The molecule has 0 radical (unpaired) electrons. The van der Waals surface area contributed by atoms with Crippen molar-refractivity contribution in [3.05, 3.63) is 171 Å². The van der Waals surface area contributed by atoms with Crippen LogP contribution in [0, 0.1) is 6.92 Å². The second-order valence-corrected chi connectivity index (χ2v) is 33.1. The van der Waals surface area contributed by atoms with Gasteiger partial charge in [-0.05, 0) is 257 Å². The van der Waals surface area contributed by atoms with Gasteiger partial charge in [-0.2, -0.15) is 0 Å². The highest BCUT2D eigenvalue weighted by Gasteiger charge is 2.51. The predicted molar refractivity (Wildman–Crippen MR) is 356 cm³/mol. The summed E-state index contributed by atoms with van der Waals surface area (Å²) >= 11 is 2.11. The van der Waals surface area contributed by atoms with Crippen LogP contribution >= 0.6 is 11.3 Å². The second-order valence-electron chi connectivity index (χ2n) is 32.1. The molecule has 1 atom stereocenters. The third kappa shape index (κ3) is 6.77. The van der Waals surface area contributed by atoms with Crippen LogP contribution in [0.1, 0.15) is 211 Å². The first-order chi connectivity index (χ1) is 38.6. The van der Waals surface area contributed by atoms with E-state index in [1.807, 2.05) is 0 Å². The van der Waals surface area contributed by atoms with Crippen LogP contribution in [-0.4, -0.2) is 6.71 Å². The number of benzene rings is 8. The molecular formula is C78H83BN2S. The Kier molecular flexibility index (Phi) is 10.1. The van der Waals surface area contributed by atoms with Crippen LogP contribution in [0.4, 0.5) is 34.1 Å². The van der Waals surface area contributed by atoms with Crippen LogP contribution in [0.25, 0.3) is 42.8 Å². The fraction of sp³-hybridized carbons (Fsp3) is 0.410. The number of nitrogens with zero attached hydrogens (tertiary/aromatic N) is 2. The Hall–Kier alpha value is -6.10. The average Bonchev–Trinajstić information content (AvgIpc) is 1.45. The third-order valence-electron chi connectivity index (χ3n) is 23.6. The summed E-state index contributed by atoms with van der Waals surface area (Å²) in [6, 6.07) is 48.6. The van der Waals surface area contributed by atoms with Gasteiger partial charge in [-0.1, -0.05) is 152 Å². The molecule has 414 valence electrons. The lowest BCUT2D eigenvalue weighted by Crippen LogP contribution is -2.61. The van der Waals surface area contributed by atoms with Crippen LogP contribution in [0.15, 0.2) is 115 Å². The summed E-state index contributed by atoms with van der Waals surface area (Å²) in [6.45, 7) is 40.2. The molecule has 0 N–H and O–H groups in total. The molecule has 8 aromatic carbocycles. The maximum Gasteiger partial charge on any atom is 0.264 e. The molecule has 82 heavy (non-hydrogen) atoms. The molecular weight excluding hydrogens is 1010 g/mol. The van der Waals surface area contributed by atoms with Crippen molar-refractivity contribution < 1.29 is 0 Å². The number of anilines is 6. The van der Waals surface area contributed by atoms with E-state index in [1.54, 1.807) is 5.56 Å². The van der Waals surface area contributed by atoms with Gasteiger partial charge in [0, 0.05) is 48.6 Å². The molecule has 2 nitrogen and oxygen atoms in total. The minimum Gasteiger partial charge on any atom is -0.311 e. The molecule has 0 saturated carbocycles. The maximum absolute atomic E-state index is 2.84. The number of hydrogen-bond donors (Lipinski definition) is 0. The van der Waals surface area contributed by atoms with E-state index in [2.05, 4.69) is 247 Å². The highest BCUT2D eigenvalue weighted by molar-refractivity contribution is 7.33. The van der Waals surface area contributed by atoms with E-state index in [0.717, 1.165) is 19.3 Å². The van der Waals surface area contributed by atoms with Crippen molar-refractivity contribution in [1.82, 2.24) is 0 Å². The molecule has 4 aliphatic carbocycles. The normalized spacial score (nSPS) is 22.7. The lowest BCUT2D eigenvalue weighted by Gasteiger charge is -2.49. The molecule has 4 heterocycles. The molecule has 0 saturated heterocycles. The summed E-state index contributed by atoms with van der Waals surface area (Å²) in [6.07, 6.45) is 9.30. The largest absolute Gasteiger partial charge is 0.311 e. The van der Waals surface area contributed by atoms with Crippen molar-refractivity contribution >= 4 is 99.5 Å². The van der Waals surface area contributed by atoms with E-state index in [1.165, 1.54) is 175 Å². The van der Waals surface area contributed by atoms with Crippen molar-refractivity contribution in [2.45, 2.75) is 205 Å². The van der Waals surface area contributed by atoms with Gasteiger partial charge in [-0.15, -0.1) is 11.3 Å². The molecule has 0 amide bonds. The van der Waals surface area contributed by atoms with Gasteiger partial charge in [0.1, 0.15) is 0 Å². The Bertz CT molecular complexity index is 4380. The quantitative estimate of drug-likeness (QED) is 0.119. The van der Waals surface area contributed by atoms with Gasteiger partial charge >= 0.3 is 0 Å². The molecule has 16 rings (SSSR count). The van der Waals surface area contributed by atoms with Crippen LogP contribution < -0.4 is 25.5 Å². The SMILES string of the molecule is Cc1cc2c3c(c1)N(c1ccc4c(c1)C(C)(C)CCC4(C)C)c1c(sc4cc5c(cc14)C(C)(C)CCC5(C)C)B3c1cc3c4cc1N2c1cc2c(cc1-c1cc(cc5c1ccc1ccccc15)C4(C)CCC3(C)C)C(C)(C)CCC2(C)C. The zero-order valence-corrected chi connectivity index (χ0v) is 52.8. The summed E-state index contributed by atoms with van der Waals surface area (Å²) in [4.78, 5) is 5.64. The van der Waals surface area contributed by atoms with Crippen molar-refractivity contribution in [3.63, 3.8) is 0 Å². The molecule has 1 unspecified atom stereocenters. The van der Waals surface area contributed by atoms with Crippen LogP contribution in [-0.2, 0) is 43.3 Å². The molecule has 0 spiro atoms. The van der Waals surface area contributed by atoms with E-state index < -0.39 is 0 Å². The van der Waals surface area contributed by atoms with Gasteiger partial charge in [-0.3, -0.25) is 0 Å². The Morgan fingerprint density at radius 1 is 0.390 bits per heavy atom. The second kappa shape index (κ2) is 16.0. The number of fused-ring (bicyclic) bond motifs is 19. The summed E-state index contributed by atoms with van der Waals surface area (Å²) in [5, 5.41) is 6.77. The lowest BCUT2D eigenvalue weighted by atomic mass is 9.35. The van der Waals surface area contributed by atoms with E-state index in [4.69, 9.17) is 0 Å². The molecule has 3 aliphatic heterocycles. The smallest absolute Gasteiger partial charge is 0.264 e. The van der Waals surface area contributed by atoms with Crippen molar-refractivity contribution in [3.8, 4) is 11.1 Å². The van der Waals surface area contributed by atoms with E-state index in [9.17, 15) is 0 Å². The maximum atomic E-state index is 2.84. The fourth-order valence-electron chi connectivity index (χ4n) is 17.8. The lowest BCUT2D eigenvalue weighted by molar-refractivity contribution is 0.332. The average molecular weight is 1090 g/mol. The summed E-state index contributed by atoms with van der Waals surface area (Å²) < 4.78 is 2.91. The van der Waals surface area contributed by atoms with Gasteiger partial charge in [0.2, 0.25) is 0 Å². The molecule has 9 aromatic rings. The van der Waals surface area contributed by atoms with Gasteiger partial charge in [0.25, 0.3) is 6.71 Å². The zero-order valence-electron chi connectivity index (χ0n) is 52.0. The van der Waals surface area contributed by atoms with Crippen molar-refractivity contribution in [2.75, 3.05) is 9.80 Å². The first kappa shape index (κ1) is 51.5. The summed E-state index contributed by atoms with van der Waals surface area (Å²) in [7, 11) is 0. The minimum absolute atomic E-state index is 0.000810. The Morgan fingerprint density at radius 3 is 1.61 bits per heavy atom. The third-order valence-corrected chi connectivity index (χ3v) is 24.8. The fourth-order valence-corrected chi connectivity index (χ4v) is 19.1. The van der Waals surface area contributed by atoms with E-state index in [-0.39, 0.29) is 50.0 Å². The highest BCUT2D eigenvalue weighted by atomic mass is 32.1. The summed E-state index contributed by atoms with van der Waals surface area (Å²) in [5.41, 5.74) is 28.6. The van der Waals surface area contributed by atoms with Crippen molar-refractivity contribution in [1.29, 1.82) is 0 Å². The Balaban J connectivity index is 1.08. The van der Waals surface area contributed by atoms with Gasteiger partial charge in [0.05, 0.1) is 11.4 Å². The first-order valence-corrected chi connectivity index (χ1v) is 32.3. The molecule has 7 aliphatic rings. The monoisotopic (exact) mass is 1090 g/mol.